The molecule has 0 aliphatic carbocycles. The van der Waals surface area contributed by atoms with E-state index < -0.39 is 0 Å². The van der Waals surface area contributed by atoms with Crippen LogP contribution < -0.4 is 10.2 Å². The van der Waals surface area contributed by atoms with Crippen LogP contribution in [0.3, 0.4) is 0 Å². The molecule has 18 heavy (non-hydrogen) atoms. The van der Waals surface area contributed by atoms with E-state index in [1.54, 1.807) is 17.0 Å². The van der Waals surface area contributed by atoms with Gasteiger partial charge in [-0.1, -0.05) is 19.8 Å². The molecule has 0 spiro atoms. The fourth-order valence-corrected chi connectivity index (χ4v) is 1.66. The van der Waals surface area contributed by atoms with E-state index in [9.17, 15) is 9.18 Å². The number of likely N-dealkylation sites (N-methyl/N-ethyl adjacent to an activating group) is 1. The minimum absolute atomic E-state index is 0.00192. The molecule has 1 N–H and O–H groups in total. The Kier molecular flexibility index (Phi) is 6.19. The summed E-state index contributed by atoms with van der Waals surface area (Å²) in [6.07, 6.45) is 3.29. The van der Waals surface area contributed by atoms with Crippen molar-refractivity contribution in [2.24, 2.45) is 0 Å². The SMILES string of the molecule is CCCCCNC(=O)CN(C)c1ccc(F)cc1. The maximum atomic E-state index is 12.8. The molecule has 0 bridgehead atoms. The summed E-state index contributed by atoms with van der Waals surface area (Å²) in [5, 5.41) is 2.87. The van der Waals surface area contributed by atoms with Crippen LogP contribution in [0.4, 0.5) is 10.1 Å². The molecule has 3 nitrogen and oxygen atoms in total. The van der Waals surface area contributed by atoms with Gasteiger partial charge in [0.1, 0.15) is 5.82 Å². The van der Waals surface area contributed by atoms with E-state index in [0.717, 1.165) is 31.5 Å². The number of halogens is 1. The molecule has 0 heterocycles. The lowest BCUT2D eigenvalue weighted by Gasteiger charge is -2.18. The number of carbonyl (C=O) groups excluding carboxylic acids is 1. The van der Waals surface area contributed by atoms with Gasteiger partial charge in [-0.15, -0.1) is 0 Å². The Bertz CT molecular complexity index is 365. The lowest BCUT2D eigenvalue weighted by Crippen LogP contribution is -2.35. The third-order valence-electron chi connectivity index (χ3n) is 2.75. The highest BCUT2D eigenvalue weighted by atomic mass is 19.1. The summed E-state index contributed by atoms with van der Waals surface area (Å²) in [7, 11) is 1.82. The third-order valence-corrected chi connectivity index (χ3v) is 2.75. The van der Waals surface area contributed by atoms with E-state index in [2.05, 4.69) is 12.2 Å². The van der Waals surface area contributed by atoms with Crippen molar-refractivity contribution in [1.29, 1.82) is 0 Å². The second-order valence-electron chi connectivity index (χ2n) is 4.39. The van der Waals surface area contributed by atoms with Crippen molar-refractivity contribution >= 4 is 11.6 Å². The van der Waals surface area contributed by atoms with Crippen molar-refractivity contribution in [2.45, 2.75) is 26.2 Å². The minimum Gasteiger partial charge on any atom is -0.365 e. The van der Waals surface area contributed by atoms with Crippen LogP contribution in [0.15, 0.2) is 24.3 Å². The molecular weight excluding hydrogens is 231 g/mol. The number of nitrogens with zero attached hydrogens (tertiary/aromatic N) is 1. The molecular formula is C14H21FN2O. The first kappa shape index (κ1) is 14.5. The first-order chi connectivity index (χ1) is 8.63. The van der Waals surface area contributed by atoms with Crippen molar-refractivity contribution in [2.75, 3.05) is 25.0 Å². The van der Waals surface area contributed by atoms with Crippen LogP contribution >= 0.6 is 0 Å². The zero-order valence-corrected chi connectivity index (χ0v) is 11.1. The number of amides is 1. The summed E-state index contributed by atoms with van der Waals surface area (Å²) in [6.45, 7) is 3.14. The lowest BCUT2D eigenvalue weighted by atomic mass is 10.2. The summed E-state index contributed by atoms with van der Waals surface area (Å²) in [6, 6.07) is 6.12. The van der Waals surface area contributed by atoms with E-state index in [0.29, 0.717) is 0 Å². The normalized spacial score (nSPS) is 10.2. The monoisotopic (exact) mass is 252 g/mol. The van der Waals surface area contributed by atoms with E-state index in [4.69, 9.17) is 0 Å². The summed E-state index contributed by atoms with van der Waals surface area (Å²) >= 11 is 0. The van der Waals surface area contributed by atoms with Crippen LogP contribution in [0.1, 0.15) is 26.2 Å². The Balaban J connectivity index is 2.33. The lowest BCUT2D eigenvalue weighted by molar-refractivity contribution is -0.119. The van der Waals surface area contributed by atoms with Gasteiger partial charge >= 0.3 is 0 Å². The Morgan fingerprint density at radius 1 is 1.28 bits per heavy atom. The Hall–Kier alpha value is -1.58. The molecule has 0 aliphatic rings. The number of hydrogen-bond donors (Lipinski definition) is 1. The van der Waals surface area contributed by atoms with Crippen molar-refractivity contribution in [3.8, 4) is 0 Å². The smallest absolute Gasteiger partial charge is 0.239 e. The van der Waals surface area contributed by atoms with Gasteiger partial charge in [-0.3, -0.25) is 4.79 Å². The van der Waals surface area contributed by atoms with E-state index in [1.807, 2.05) is 7.05 Å². The molecule has 0 radical (unpaired) electrons. The molecule has 100 valence electrons. The number of rotatable bonds is 7. The second-order valence-corrected chi connectivity index (χ2v) is 4.39. The number of unbranched alkanes of at least 4 members (excludes halogenated alkanes) is 2. The maximum Gasteiger partial charge on any atom is 0.239 e. The van der Waals surface area contributed by atoms with Crippen molar-refractivity contribution < 1.29 is 9.18 Å². The van der Waals surface area contributed by atoms with Crippen LogP contribution in [0.2, 0.25) is 0 Å². The van der Waals surface area contributed by atoms with Crippen LogP contribution in [0.5, 0.6) is 0 Å². The zero-order chi connectivity index (χ0) is 13.4. The quantitative estimate of drug-likeness (QED) is 0.756. The highest BCUT2D eigenvalue weighted by Crippen LogP contribution is 2.12. The third kappa shape index (κ3) is 5.17. The molecule has 0 unspecified atom stereocenters. The molecule has 0 saturated carbocycles. The number of carbonyl (C=O) groups is 1. The number of nitrogens with one attached hydrogen (secondary N) is 1. The first-order valence-electron chi connectivity index (χ1n) is 6.37. The molecule has 1 amide bonds. The molecule has 0 saturated heterocycles. The van der Waals surface area contributed by atoms with Crippen LogP contribution in [-0.4, -0.2) is 26.0 Å². The summed E-state index contributed by atoms with van der Waals surface area (Å²) in [5.41, 5.74) is 0.833. The van der Waals surface area contributed by atoms with Gasteiger partial charge in [0, 0.05) is 19.3 Å². The molecule has 0 aliphatic heterocycles. The highest BCUT2D eigenvalue weighted by Gasteiger charge is 2.06. The Labute approximate surface area is 108 Å². The van der Waals surface area contributed by atoms with E-state index in [1.165, 1.54) is 12.1 Å². The average molecular weight is 252 g/mol. The molecule has 0 fully saturated rings. The van der Waals surface area contributed by atoms with Gasteiger partial charge in [0.2, 0.25) is 5.91 Å². The second kappa shape index (κ2) is 7.69. The van der Waals surface area contributed by atoms with Crippen molar-refractivity contribution in [1.82, 2.24) is 5.32 Å². The first-order valence-corrected chi connectivity index (χ1v) is 6.37. The minimum atomic E-state index is -0.267. The molecule has 1 rings (SSSR count). The number of benzene rings is 1. The molecule has 4 heteroatoms. The maximum absolute atomic E-state index is 12.8. The fraction of sp³-hybridized carbons (Fsp3) is 0.500. The molecule has 1 aromatic carbocycles. The van der Waals surface area contributed by atoms with Gasteiger partial charge < -0.3 is 10.2 Å². The predicted molar refractivity (Wildman–Crippen MR) is 72.2 cm³/mol. The topological polar surface area (TPSA) is 32.3 Å². The van der Waals surface area contributed by atoms with E-state index in [-0.39, 0.29) is 18.3 Å². The van der Waals surface area contributed by atoms with Gasteiger partial charge in [0.15, 0.2) is 0 Å². The summed E-state index contributed by atoms with van der Waals surface area (Å²) < 4.78 is 12.8. The summed E-state index contributed by atoms with van der Waals surface area (Å²) in [5.74, 6) is -0.269. The number of hydrogen-bond acceptors (Lipinski definition) is 2. The van der Waals surface area contributed by atoms with Crippen LogP contribution in [-0.2, 0) is 4.79 Å². The zero-order valence-electron chi connectivity index (χ0n) is 11.1. The number of anilines is 1. The average Bonchev–Trinajstić information content (AvgIpc) is 2.35. The Morgan fingerprint density at radius 3 is 2.56 bits per heavy atom. The fourth-order valence-electron chi connectivity index (χ4n) is 1.66. The standard InChI is InChI=1S/C14H21FN2O/c1-3-4-5-10-16-14(18)11-17(2)13-8-6-12(15)7-9-13/h6-9H,3-5,10-11H2,1-2H3,(H,16,18). The van der Waals surface area contributed by atoms with Crippen LogP contribution in [0.25, 0.3) is 0 Å². The van der Waals surface area contributed by atoms with Crippen molar-refractivity contribution in [3.63, 3.8) is 0 Å². The van der Waals surface area contributed by atoms with E-state index >= 15 is 0 Å². The van der Waals surface area contributed by atoms with Gasteiger partial charge in [0.25, 0.3) is 0 Å². The van der Waals surface area contributed by atoms with Gasteiger partial charge in [-0.25, -0.2) is 4.39 Å². The molecule has 0 atom stereocenters. The predicted octanol–water partition coefficient (Wildman–Crippen LogP) is 2.57. The molecule has 0 aromatic heterocycles. The van der Waals surface area contributed by atoms with Gasteiger partial charge in [-0.2, -0.15) is 0 Å². The Morgan fingerprint density at radius 2 is 1.94 bits per heavy atom. The van der Waals surface area contributed by atoms with Crippen LogP contribution in [0, 0.1) is 5.82 Å². The molecule has 1 aromatic rings. The summed E-state index contributed by atoms with van der Waals surface area (Å²) in [4.78, 5) is 13.4. The van der Waals surface area contributed by atoms with Gasteiger partial charge in [-0.05, 0) is 30.7 Å². The van der Waals surface area contributed by atoms with Gasteiger partial charge in [0.05, 0.1) is 6.54 Å². The largest absolute Gasteiger partial charge is 0.365 e. The highest BCUT2D eigenvalue weighted by molar-refractivity contribution is 5.81. The van der Waals surface area contributed by atoms with Crippen molar-refractivity contribution in [3.05, 3.63) is 30.1 Å².